The lowest BCUT2D eigenvalue weighted by molar-refractivity contribution is -0.383. The van der Waals surface area contributed by atoms with Crippen LogP contribution in [0.5, 0.6) is 11.5 Å². The predicted molar refractivity (Wildman–Crippen MR) is 246 cm³/mol. The third-order valence-corrected chi connectivity index (χ3v) is 14.6. The molecule has 1 saturated heterocycles. The Morgan fingerprint density at radius 2 is 1.80 bits per heavy atom. The number of nitro benzene ring substituents is 1. The number of carbonyl (C=O) groups is 1. The van der Waals surface area contributed by atoms with Gasteiger partial charge in [-0.2, -0.15) is 4.39 Å². The summed E-state index contributed by atoms with van der Waals surface area (Å²) in [6.45, 7) is 4.58. The molecule has 0 bridgehead atoms. The second-order valence-electron chi connectivity index (χ2n) is 17.1. The molecule has 18 heteroatoms. The summed E-state index contributed by atoms with van der Waals surface area (Å²) in [4.78, 5) is 36.9. The van der Waals surface area contributed by atoms with Gasteiger partial charge in [-0.05, 0) is 91.1 Å². The molecule has 2 N–H and O–H groups in total. The van der Waals surface area contributed by atoms with Crippen molar-refractivity contribution in [2.75, 3.05) is 64.6 Å². The number of anilines is 1. The predicted octanol–water partition coefficient (Wildman–Crippen LogP) is 8.72. The first-order valence-electron chi connectivity index (χ1n) is 21.7. The standard InChI is InChI=1S/C47H49ClFN7O8S/c1-62-21-22-63-20-19-55-30-34-24-38(26-41(56(58)59)43(34)44(55)49)65(60,61)52-46(57)39-8-7-36(25-42(39)64-37-23-32-10-14-50-45(32)51-28-37)54-17-15-53(16-18-54)29-33-9-13-47(11-2-12-47)27-40(33)31-3-5-35(48)6-4-31/h3-8,10,14,23-26,28,30H,2,9,11-13,15-22,27,29H2,1H3,(H,50,51)(H,52,57). The minimum atomic E-state index is -4.75. The summed E-state index contributed by atoms with van der Waals surface area (Å²) < 4.78 is 63.1. The summed E-state index contributed by atoms with van der Waals surface area (Å²) in [7, 11) is -3.23. The summed E-state index contributed by atoms with van der Waals surface area (Å²) >= 11 is 6.28. The number of nitrogens with one attached hydrogen (secondary N) is 2. The highest BCUT2D eigenvalue weighted by Gasteiger charge is 2.41. The Balaban J connectivity index is 0.950. The topological polar surface area (TPSA) is 174 Å². The van der Waals surface area contributed by atoms with Crippen LogP contribution in [0.3, 0.4) is 0 Å². The molecule has 340 valence electrons. The molecular weight excluding hydrogens is 877 g/mol. The zero-order valence-electron chi connectivity index (χ0n) is 35.9. The first kappa shape index (κ1) is 44.4. The molecule has 3 aromatic carbocycles. The van der Waals surface area contributed by atoms with Gasteiger partial charge in [0.2, 0.25) is 5.95 Å². The number of methoxy groups -OCH3 is 1. The number of ether oxygens (including phenoxy) is 3. The molecule has 3 aliphatic rings. The maximum absolute atomic E-state index is 15.5. The number of allylic oxidation sites excluding steroid dienone is 1. The number of aromatic amines is 1. The molecule has 2 fully saturated rings. The van der Waals surface area contributed by atoms with Crippen molar-refractivity contribution >= 4 is 66.3 Å². The molecule has 6 aromatic rings. The lowest BCUT2D eigenvalue weighted by Gasteiger charge is -2.47. The Labute approximate surface area is 380 Å². The largest absolute Gasteiger partial charge is 0.455 e. The van der Waals surface area contributed by atoms with Crippen LogP contribution in [0.15, 0.2) is 95.8 Å². The smallest absolute Gasteiger partial charge is 0.283 e. The number of H-pyrrole nitrogens is 1. The van der Waals surface area contributed by atoms with E-state index in [9.17, 15) is 23.3 Å². The Kier molecular flexibility index (Phi) is 12.7. The van der Waals surface area contributed by atoms with E-state index in [0.29, 0.717) is 36.5 Å². The van der Waals surface area contributed by atoms with Crippen LogP contribution in [0.4, 0.5) is 15.8 Å². The van der Waals surface area contributed by atoms with Gasteiger partial charge in [0.25, 0.3) is 21.6 Å². The fourth-order valence-corrected chi connectivity index (χ4v) is 10.5. The number of nitrogens with zero attached hydrogens (tertiary/aromatic N) is 5. The highest BCUT2D eigenvalue weighted by atomic mass is 35.5. The zero-order valence-corrected chi connectivity index (χ0v) is 37.4. The molecule has 65 heavy (non-hydrogen) atoms. The summed E-state index contributed by atoms with van der Waals surface area (Å²) in [6.07, 6.45) is 11.8. The average Bonchev–Trinajstić information content (AvgIpc) is 3.89. The lowest BCUT2D eigenvalue weighted by atomic mass is 9.59. The molecule has 1 saturated carbocycles. The van der Waals surface area contributed by atoms with Gasteiger partial charge in [-0.1, -0.05) is 35.7 Å². The SMILES string of the molecule is COCCOCCn1cc2cc(S(=O)(=O)NC(=O)c3ccc(N4CCN(CC5=C(c6ccc(Cl)cc6)CC6(CCC6)CC5)CC4)cc3Oc3cnc4[nH]ccc4c3)cc([N+](=O)[O-])c2c1F. The van der Waals surface area contributed by atoms with Crippen molar-refractivity contribution in [1.29, 1.82) is 0 Å². The quantitative estimate of drug-likeness (QED) is 0.0540. The van der Waals surface area contributed by atoms with E-state index in [0.717, 1.165) is 65.3 Å². The van der Waals surface area contributed by atoms with Gasteiger partial charge in [0.15, 0.2) is 0 Å². The number of hydrogen-bond acceptors (Lipinski definition) is 11. The normalized spacial score (nSPS) is 16.6. The van der Waals surface area contributed by atoms with Gasteiger partial charge in [-0.15, -0.1) is 0 Å². The molecule has 2 aliphatic carbocycles. The van der Waals surface area contributed by atoms with Crippen LogP contribution in [-0.4, -0.2) is 98.3 Å². The molecule has 1 aliphatic heterocycles. The number of halogens is 2. The number of fused-ring (bicyclic) bond motifs is 2. The number of nitro groups is 1. The minimum Gasteiger partial charge on any atom is -0.455 e. The van der Waals surface area contributed by atoms with Crippen molar-refractivity contribution in [3.63, 3.8) is 0 Å². The van der Waals surface area contributed by atoms with Crippen molar-refractivity contribution in [1.82, 2.24) is 24.2 Å². The highest BCUT2D eigenvalue weighted by molar-refractivity contribution is 7.90. The van der Waals surface area contributed by atoms with E-state index in [1.54, 1.807) is 24.4 Å². The number of sulfonamides is 1. The lowest BCUT2D eigenvalue weighted by Crippen LogP contribution is -2.47. The van der Waals surface area contributed by atoms with Gasteiger partial charge in [0, 0.05) is 92.4 Å². The number of amides is 1. The van der Waals surface area contributed by atoms with Crippen LogP contribution in [0.2, 0.25) is 5.02 Å². The van der Waals surface area contributed by atoms with E-state index < -0.39 is 37.4 Å². The van der Waals surface area contributed by atoms with Crippen LogP contribution < -0.4 is 14.4 Å². The number of carbonyl (C=O) groups excluding carboxylic acids is 1. The molecule has 0 atom stereocenters. The summed E-state index contributed by atoms with van der Waals surface area (Å²) in [6, 6.07) is 18.6. The number of pyridine rings is 1. The molecular formula is C47H49ClFN7O8S. The minimum absolute atomic E-state index is 0.00591. The number of aromatic nitrogens is 3. The van der Waals surface area contributed by atoms with Crippen LogP contribution >= 0.6 is 11.6 Å². The summed E-state index contributed by atoms with van der Waals surface area (Å²) in [5.41, 5.74) is 5.18. The molecule has 1 spiro atoms. The van der Waals surface area contributed by atoms with E-state index in [-0.39, 0.29) is 41.8 Å². The van der Waals surface area contributed by atoms with Gasteiger partial charge in [-0.25, -0.2) is 18.1 Å². The second-order valence-corrected chi connectivity index (χ2v) is 19.2. The maximum Gasteiger partial charge on any atom is 0.283 e. The van der Waals surface area contributed by atoms with E-state index >= 15 is 4.39 Å². The van der Waals surface area contributed by atoms with Crippen molar-refractivity contribution in [2.24, 2.45) is 5.41 Å². The third kappa shape index (κ3) is 9.47. The Hall–Kier alpha value is -5.85. The molecule has 1 amide bonds. The van der Waals surface area contributed by atoms with Crippen molar-refractivity contribution < 1.29 is 36.7 Å². The molecule has 9 rings (SSSR count). The Bertz CT molecular complexity index is 2910. The van der Waals surface area contributed by atoms with Crippen LogP contribution in [0.1, 0.15) is 54.4 Å². The van der Waals surface area contributed by atoms with E-state index in [4.69, 9.17) is 25.8 Å². The van der Waals surface area contributed by atoms with Gasteiger partial charge in [0.1, 0.15) is 22.5 Å². The molecule has 15 nitrogen and oxygen atoms in total. The molecule has 4 heterocycles. The molecule has 0 radical (unpaired) electrons. The molecule has 3 aromatic heterocycles. The summed E-state index contributed by atoms with van der Waals surface area (Å²) in [5.74, 6) is -1.56. The molecule has 0 unspecified atom stereocenters. The zero-order chi connectivity index (χ0) is 45.3. The Morgan fingerprint density at radius 1 is 1.00 bits per heavy atom. The maximum atomic E-state index is 15.5. The monoisotopic (exact) mass is 925 g/mol. The van der Waals surface area contributed by atoms with E-state index in [1.165, 1.54) is 68.0 Å². The summed E-state index contributed by atoms with van der Waals surface area (Å²) in [5, 5.41) is 13.3. The first-order valence-corrected chi connectivity index (χ1v) is 23.5. The van der Waals surface area contributed by atoms with E-state index in [1.807, 2.05) is 18.2 Å². The fraction of sp³-hybridized carbons (Fsp3) is 0.362. The first-order chi connectivity index (χ1) is 31.4. The van der Waals surface area contributed by atoms with Crippen LogP contribution in [-0.2, 0) is 26.0 Å². The third-order valence-electron chi connectivity index (χ3n) is 13.0. The fourth-order valence-electron chi connectivity index (χ4n) is 9.33. The van der Waals surface area contributed by atoms with E-state index in [2.05, 4.69) is 36.6 Å². The number of non-ortho nitro benzene ring substituents is 1. The second kappa shape index (κ2) is 18.6. The number of rotatable bonds is 16. The van der Waals surface area contributed by atoms with Gasteiger partial charge in [-0.3, -0.25) is 19.8 Å². The number of piperazine rings is 1. The highest BCUT2D eigenvalue weighted by Crippen LogP contribution is 2.55. The van der Waals surface area contributed by atoms with Crippen LogP contribution in [0.25, 0.3) is 27.4 Å². The van der Waals surface area contributed by atoms with Crippen molar-refractivity contribution in [2.45, 2.75) is 50.0 Å². The van der Waals surface area contributed by atoms with Gasteiger partial charge in [0.05, 0.1) is 41.4 Å². The van der Waals surface area contributed by atoms with Crippen molar-refractivity contribution in [3.8, 4) is 11.5 Å². The Morgan fingerprint density at radius 3 is 2.54 bits per heavy atom. The number of benzene rings is 3. The van der Waals surface area contributed by atoms with Crippen molar-refractivity contribution in [3.05, 3.63) is 123 Å². The van der Waals surface area contributed by atoms with Gasteiger partial charge < -0.3 is 28.7 Å². The van der Waals surface area contributed by atoms with Crippen LogP contribution in [0, 0.1) is 21.5 Å². The number of hydrogen-bond donors (Lipinski definition) is 2. The average molecular weight is 926 g/mol. The van der Waals surface area contributed by atoms with Gasteiger partial charge >= 0.3 is 0 Å².